The van der Waals surface area contributed by atoms with Crippen LogP contribution < -0.4 is 23.7 Å². The van der Waals surface area contributed by atoms with Gasteiger partial charge >= 0.3 is 5.97 Å². The van der Waals surface area contributed by atoms with Gasteiger partial charge in [-0.1, -0.05) is 6.07 Å². The van der Waals surface area contributed by atoms with E-state index in [-0.39, 0.29) is 31.7 Å². The summed E-state index contributed by atoms with van der Waals surface area (Å²) < 4.78 is 63.3. The number of hydrogen-bond donors (Lipinski definition) is 0. The number of ether oxygens (including phenoxy) is 11. The van der Waals surface area contributed by atoms with Crippen LogP contribution in [0.15, 0.2) is 30.3 Å². The van der Waals surface area contributed by atoms with Crippen molar-refractivity contribution in [3.05, 3.63) is 41.5 Å². The first kappa shape index (κ1) is 30.6. The van der Waals surface area contributed by atoms with Gasteiger partial charge in [-0.2, -0.15) is 0 Å². The fourth-order valence-corrected chi connectivity index (χ4v) is 5.63. The van der Waals surface area contributed by atoms with Gasteiger partial charge in [0.25, 0.3) is 0 Å². The summed E-state index contributed by atoms with van der Waals surface area (Å²) in [6, 6.07) is 9.04. The fraction of sp³-hybridized carbons (Fsp3) is 0.452. The molecule has 0 spiro atoms. The Morgan fingerprint density at radius 1 is 0.837 bits per heavy atom. The molecule has 1 saturated heterocycles. The minimum atomic E-state index is -0.935. The molecule has 2 aliphatic rings. The summed E-state index contributed by atoms with van der Waals surface area (Å²) in [5, 5.41) is 1.22. The quantitative estimate of drug-likeness (QED) is 0.296. The molecule has 3 aromatic carbocycles. The highest BCUT2D eigenvalue weighted by Crippen LogP contribution is 2.48. The molecular formula is C31H36O12. The van der Waals surface area contributed by atoms with Gasteiger partial charge in [0.1, 0.15) is 24.1 Å². The lowest BCUT2D eigenvalue weighted by molar-refractivity contribution is -0.258. The molecule has 232 valence electrons. The average molecular weight is 601 g/mol. The van der Waals surface area contributed by atoms with Crippen LogP contribution in [0.4, 0.5) is 0 Å². The monoisotopic (exact) mass is 600 g/mol. The van der Waals surface area contributed by atoms with Gasteiger partial charge in [-0.05, 0) is 35.2 Å². The van der Waals surface area contributed by atoms with Crippen LogP contribution in [-0.2, 0) is 35.0 Å². The van der Waals surface area contributed by atoms with Gasteiger partial charge < -0.3 is 52.1 Å². The third kappa shape index (κ3) is 5.52. The maximum Gasteiger partial charge on any atom is 0.339 e. The van der Waals surface area contributed by atoms with E-state index in [0.29, 0.717) is 56.2 Å². The Bertz CT molecular complexity index is 1470. The molecule has 4 atom stereocenters. The number of hydrogen-bond acceptors (Lipinski definition) is 12. The van der Waals surface area contributed by atoms with E-state index in [2.05, 4.69) is 0 Å². The van der Waals surface area contributed by atoms with E-state index in [1.54, 1.807) is 46.6 Å². The van der Waals surface area contributed by atoms with Gasteiger partial charge in [0.2, 0.25) is 13.1 Å². The first-order chi connectivity index (χ1) is 20.9. The standard InChI is InChI=1S/C31H36O12/c1-33-13-19-26(30(32)39-7)25(16-8-9-20-23(10-16)42-15-41-20)17-11-21(34-2)22(35-3)12-18(17)27(19)43-31-29(38-6)28(37-5)24(36-4)14-40-31/h8-12,24,28-29,31H,13-15H2,1-7H3. The second-order valence-electron chi connectivity index (χ2n) is 9.80. The van der Waals surface area contributed by atoms with Crippen molar-refractivity contribution in [3.63, 3.8) is 0 Å². The lowest BCUT2D eigenvalue weighted by Gasteiger charge is -2.40. The first-order valence-corrected chi connectivity index (χ1v) is 13.5. The Labute approximate surface area is 249 Å². The largest absolute Gasteiger partial charge is 0.493 e. The minimum absolute atomic E-state index is 0.000371. The third-order valence-electron chi connectivity index (χ3n) is 7.67. The number of esters is 1. The Morgan fingerprint density at radius 3 is 2.16 bits per heavy atom. The summed E-state index contributed by atoms with van der Waals surface area (Å²) in [5.74, 6) is 1.78. The molecule has 0 aromatic heterocycles. The molecule has 0 bridgehead atoms. The number of benzene rings is 3. The van der Waals surface area contributed by atoms with Crippen LogP contribution >= 0.6 is 0 Å². The van der Waals surface area contributed by atoms with E-state index in [0.717, 1.165) is 0 Å². The summed E-state index contributed by atoms with van der Waals surface area (Å²) in [5.41, 5.74) is 1.91. The van der Waals surface area contributed by atoms with Crippen LogP contribution in [0.5, 0.6) is 28.7 Å². The molecule has 4 unspecified atom stereocenters. The van der Waals surface area contributed by atoms with Gasteiger partial charge in [0.15, 0.2) is 23.0 Å². The first-order valence-electron chi connectivity index (χ1n) is 13.5. The highest BCUT2D eigenvalue weighted by molar-refractivity contribution is 6.13. The summed E-state index contributed by atoms with van der Waals surface area (Å²) in [6.07, 6.45) is -2.48. The molecule has 0 aliphatic carbocycles. The van der Waals surface area contributed by atoms with Gasteiger partial charge in [-0.15, -0.1) is 0 Å². The van der Waals surface area contributed by atoms with E-state index >= 15 is 0 Å². The van der Waals surface area contributed by atoms with Gasteiger partial charge in [0.05, 0.1) is 40.1 Å². The molecule has 12 heteroatoms. The van der Waals surface area contributed by atoms with Crippen LogP contribution in [0.3, 0.4) is 0 Å². The number of fused-ring (bicyclic) bond motifs is 2. The second kappa shape index (κ2) is 13.2. The van der Waals surface area contributed by atoms with Crippen molar-refractivity contribution >= 4 is 16.7 Å². The third-order valence-corrected chi connectivity index (χ3v) is 7.67. The van der Waals surface area contributed by atoms with Crippen molar-refractivity contribution in [3.8, 4) is 39.9 Å². The van der Waals surface area contributed by atoms with E-state index < -0.39 is 24.5 Å². The maximum absolute atomic E-state index is 13.7. The Morgan fingerprint density at radius 2 is 1.53 bits per heavy atom. The number of rotatable bonds is 11. The summed E-state index contributed by atoms with van der Waals surface area (Å²) in [4.78, 5) is 13.7. The molecule has 2 heterocycles. The van der Waals surface area contributed by atoms with E-state index in [1.807, 2.05) is 12.1 Å². The Hall–Kier alpha value is -3.81. The Balaban J connectivity index is 1.82. The zero-order valence-electron chi connectivity index (χ0n) is 25.2. The highest BCUT2D eigenvalue weighted by atomic mass is 16.7. The van der Waals surface area contributed by atoms with E-state index in [9.17, 15) is 4.79 Å². The van der Waals surface area contributed by atoms with Crippen LogP contribution in [0.25, 0.3) is 21.9 Å². The van der Waals surface area contributed by atoms with Crippen molar-refractivity contribution in [2.45, 2.75) is 31.2 Å². The molecule has 43 heavy (non-hydrogen) atoms. The van der Waals surface area contributed by atoms with Gasteiger partial charge in [0, 0.05) is 45.0 Å². The zero-order valence-corrected chi connectivity index (χ0v) is 25.2. The molecule has 1 fully saturated rings. The molecule has 5 rings (SSSR count). The molecular weight excluding hydrogens is 564 g/mol. The molecule has 3 aromatic rings. The Kier molecular flexibility index (Phi) is 9.43. The van der Waals surface area contributed by atoms with Crippen molar-refractivity contribution < 1.29 is 56.9 Å². The summed E-state index contributed by atoms with van der Waals surface area (Å²) >= 11 is 0. The topological polar surface area (TPSA) is 119 Å². The number of carbonyl (C=O) groups excluding carboxylic acids is 1. The highest BCUT2D eigenvalue weighted by Gasteiger charge is 2.44. The SMILES string of the molecule is COCc1c(C(=O)OC)c(-c2ccc3c(c2)OCO3)c2cc(OC)c(OC)cc2c1OC1OCC(OC)C(OC)C1OC. The smallest absolute Gasteiger partial charge is 0.339 e. The van der Waals surface area contributed by atoms with Crippen molar-refractivity contribution in [2.24, 2.45) is 0 Å². The molecule has 0 N–H and O–H groups in total. The molecule has 0 amide bonds. The zero-order chi connectivity index (χ0) is 30.7. The van der Waals surface area contributed by atoms with Crippen LogP contribution in [0.2, 0.25) is 0 Å². The van der Waals surface area contributed by atoms with Crippen LogP contribution in [-0.4, -0.2) is 93.7 Å². The predicted octanol–water partition coefficient (Wildman–Crippen LogP) is 3.97. The average Bonchev–Trinajstić information content (AvgIpc) is 3.52. The number of carbonyl (C=O) groups is 1. The minimum Gasteiger partial charge on any atom is -0.493 e. The summed E-state index contributed by atoms with van der Waals surface area (Å²) in [6.45, 7) is 0.290. The van der Waals surface area contributed by atoms with E-state index in [4.69, 9.17) is 52.1 Å². The number of methoxy groups -OCH3 is 7. The molecule has 0 radical (unpaired) electrons. The second-order valence-corrected chi connectivity index (χ2v) is 9.80. The van der Waals surface area contributed by atoms with Crippen molar-refractivity contribution in [2.75, 3.05) is 63.2 Å². The van der Waals surface area contributed by atoms with Crippen molar-refractivity contribution in [1.29, 1.82) is 0 Å². The van der Waals surface area contributed by atoms with Crippen LogP contribution in [0.1, 0.15) is 15.9 Å². The molecule has 0 saturated carbocycles. The normalized spacial score (nSPS) is 21.1. The predicted molar refractivity (Wildman–Crippen MR) is 153 cm³/mol. The molecule has 12 nitrogen and oxygen atoms in total. The lowest BCUT2D eigenvalue weighted by atomic mass is 9.88. The van der Waals surface area contributed by atoms with Gasteiger partial charge in [-0.3, -0.25) is 0 Å². The van der Waals surface area contributed by atoms with Crippen LogP contribution in [0, 0.1) is 0 Å². The molecule has 2 aliphatic heterocycles. The van der Waals surface area contributed by atoms with E-state index in [1.165, 1.54) is 21.3 Å². The summed E-state index contributed by atoms with van der Waals surface area (Å²) in [7, 11) is 10.6. The maximum atomic E-state index is 13.7. The fourth-order valence-electron chi connectivity index (χ4n) is 5.63. The van der Waals surface area contributed by atoms with Gasteiger partial charge in [-0.25, -0.2) is 4.79 Å². The lowest BCUT2D eigenvalue weighted by Crippen LogP contribution is -2.57. The van der Waals surface area contributed by atoms with Crippen molar-refractivity contribution in [1.82, 2.24) is 0 Å².